The second-order valence-corrected chi connectivity index (χ2v) is 8.43. The number of anilines is 1. The lowest BCUT2D eigenvalue weighted by Crippen LogP contribution is -2.21. The molecule has 7 nitrogen and oxygen atoms in total. The van der Waals surface area contributed by atoms with E-state index in [2.05, 4.69) is 15.5 Å². The molecule has 1 aliphatic rings. The molecule has 1 aliphatic heterocycles. The van der Waals surface area contributed by atoms with Gasteiger partial charge in [0.15, 0.2) is 17.7 Å². The number of hydrogen-bond donors (Lipinski definition) is 1. The van der Waals surface area contributed by atoms with Crippen LogP contribution in [0.1, 0.15) is 36.0 Å². The molecule has 0 saturated carbocycles. The Balaban J connectivity index is 1.44. The number of thiophene rings is 1. The average molecular weight is 447 g/mol. The topological polar surface area (TPSA) is 74.0 Å². The third kappa shape index (κ3) is 4.11. The van der Waals surface area contributed by atoms with Gasteiger partial charge >= 0.3 is 0 Å². The van der Waals surface area contributed by atoms with E-state index in [0.717, 1.165) is 29.7 Å². The molecular formula is C22H19BFN5O2S. The van der Waals surface area contributed by atoms with Crippen LogP contribution < -0.4 is 5.32 Å². The lowest BCUT2D eigenvalue weighted by atomic mass is 10.1. The third-order valence-corrected chi connectivity index (χ3v) is 6.18. The molecule has 0 aliphatic carbocycles. The number of carbonyl (C=O) groups is 1. The van der Waals surface area contributed by atoms with Crippen LogP contribution in [0.4, 0.5) is 10.2 Å². The molecule has 1 aromatic carbocycles. The van der Waals surface area contributed by atoms with Crippen molar-refractivity contribution < 1.29 is 13.9 Å². The number of rotatable bonds is 5. The maximum atomic E-state index is 13.4. The molecule has 32 heavy (non-hydrogen) atoms. The van der Waals surface area contributed by atoms with Crippen molar-refractivity contribution in [2.75, 3.05) is 11.9 Å². The Labute approximate surface area is 189 Å². The molecule has 1 N–H and O–H groups in total. The summed E-state index contributed by atoms with van der Waals surface area (Å²) in [5, 5.41) is 13.4. The van der Waals surface area contributed by atoms with Crippen LogP contribution in [-0.2, 0) is 4.74 Å². The van der Waals surface area contributed by atoms with Crippen molar-refractivity contribution in [1.82, 2.24) is 19.5 Å². The zero-order chi connectivity index (χ0) is 22.1. The van der Waals surface area contributed by atoms with Gasteiger partial charge in [-0.2, -0.15) is 10.2 Å². The largest absolute Gasteiger partial charge is 0.356 e. The number of ether oxygens (including phenoxy) is 1. The highest BCUT2D eigenvalue weighted by atomic mass is 32.1. The van der Waals surface area contributed by atoms with Crippen LogP contribution in [0.25, 0.3) is 21.8 Å². The van der Waals surface area contributed by atoms with Crippen LogP contribution in [-0.4, -0.2) is 40.0 Å². The van der Waals surface area contributed by atoms with Gasteiger partial charge in [-0.3, -0.25) is 4.79 Å². The molecule has 1 saturated heterocycles. The molecule has 0 spiro atoms. The van der Waals surface area contributed by atoms with Crippen LogP contribution in [0.5, 0.6) is 0 Å². The van der Waals surface area contributed by atoms with E-state index < -0.39 is 5.91 Å². The molecule has 1 unspecified atom stereocenters. The van der Waals surface area contributed by atoms with Gasteiger partial charge in [-0.25, -0.2) is 9.07 Å². The summed E-state index contributed by atoms with van der Waals surface area (Å²) in [6.45, 7) is 0.633. The summed E-state index contributed by atoms with van der Waals surface area (Å²) in [7, 11) is 5.95. The van der Waals surface area contributed by atoms with E-state index in [-0.39, 0.29) is 17.7 Å². The molecule has 1 atom stereocenters. The minimum Gasteiger partial charge on any atom is -0.356 e. The van der Waals surface area contributed by atoms with Crippen LogP contribution in [0.15, 0.2) is 53.9 Å². The summed E-state index contributed by atoms with van der Waals surface area (Å²) in [5.74, 6) is -0.419. The fraction of sp³-hybridized carbons (Fsp3) is 0.227. The van der Waals surface area contributed by atoms with Gasteiger partial charge in [-0.15, -0.1) is 11.3 Å². The molecule has 4 aromatic rings. The second-order valence-electron chi connectivity index (χ2n) is 7.48. The van der Waals surface area contributed by atoms with Crippen molar-refractivity contribution in [2.45, 2.75) is 25.5 Å². The summed E-state index contributed by atoms with van der Waals surface area (Å²) >= 11 is 1.53. The third-order valence-electron chi connectivity index (χ3n) is 5.29. The Morgan fingerprint density at radius 1 is 1.16 bits per heavy atom. The number of amides is 1. The summed E-state index contributed by atoms with van der Waals surface area (Å²) in [6.07, 6.45) is 2.51. The second kappa shape index (κ2) is 8.72. The van der Waals surface area contributed by atoms with Gasteiger partial charge in [0.05, 0.1) is 16.3 Å². The van der Waals surface area contributed by atoms with Crippen molar-refractivity contribution in [1.29, 1.82) is 0 Å². The lowest BCUT2D eigenvalue weighted by Gasteiger charge is -2.24. The number of nitrogens with zero attached hydrogens (tertiary/aromatic N) is 4. The van der Waals surface area contributed by atoms with Crippen LogP contribution >= 0.6 is 11.3 Å². The maximum absolute atomic E-state index is 13.4. The minimum absolute atomic E-state index is 0.211. The van der Waals surface area contributed by atoms with Crippen LogP contribution in [0.2, 0.25) is 0 Å². The monoisotopic (exact) mass is 447 g/mol. The zero-order valence-corrected chi connectivity index (χ0v) is 17.9. The average Bonchev–Trinajstić information content (AvgIpc) is 3.55. The summed E-state index contributed by atoms with van der Waals surface area (Å²) in [4.78, 5) is 13.9. The van der Waals surface area contributed by atoms with E-state index >= 15 is 0 Å². The smallest absolute Gasteiger partial charge is 0.277 e. The molecule has 1 fully saturated rings. The van der Waals surface area contributed by atoms with E-state index in [0.29, 0.717) is 23.8 Å². The molecule has 10 heteroatoms. The van der Waals surface area contributed by atoms with Crippen LogP contribution in [0, 0.1) is 5.82 Å². The first-order valence-corrected chi connectivity index (χ1v) is 11.1. The Kier molecular flexibility index (Phi) is 5.63. The van der Waals surface area contributed by atoms with E-state index in [4.69, 9.17) is 12.7 Å². The zero-order valence-electron chi connectivity index (χ0n) is 17.1. The summed E-state index contributed by atoms with van der Waals surface area (Å²) in [5.41, 5.74) is 2.34. The quantitative estimate of drug-likeness (QED) is 0.458. The molecule has 5 rings (SSSR count). The molecule has 0 bridgehead atoms. The first-order chi connectivity index (χ1) is 15.6. The minimum atomic E-state index is -0.418. The Morgan fingerprint density at radius 3 is 2.72 bits per heavy atom. The van der Waals surface area contributed by atoms with Gasteiger partial charge in [0.2, 0.25) is 0 Å². The first kappa shape index (κ1) is 20.7. The van der Waals surface area contributed by atoms with Gasteiger partial charge in [-0.05, 0) is 61.0 Å². The number of aromatic nitrogens is 4. The lowest BCUT2D eigenvalue weighted by molar-refractivity contribution is -0.0384. The van der Waals surface area contributed by atoms with Crippen molar-refractivity contribution >= 4 is 31.0 Å². The normalized spacial score (nSPS) is 16.2. The number of carbonyl (C=O) groups excluding carboxylic acids is 1. The SMILES string of the molecule is [B]n1nc(NC(=O)c2cc(-c3ccc(F)cc3)n(C3CCCCO3)n2)cc1-c1cccs1. The molecule has 2 radical (unpaired) electrons. The first-order valence-electron chi connectivity index (χ1n) is 10.3. The molecule has 1 amide bonds. The Morgan fingerprint density at radius 2 is 2.00 bits per heavy atom. The number of benzene rings is 1. The molecular weight excluding hydrogens is 428 g/mol. The summed E-state index contributed by atoms with van der Waals surface area (Å²) in [6, 6.07) is 13.3. The highest BCUT2D eigenvalue weighted by Gasteiger charge is 2.24. The van der Waals surface area contributed by atoms with E-state index in [1.807, 2.05) is 17.5 Å². The van der Waals surface area contributed by atoms with Crippen molar-refractivity contribution in [2.24, 2.45) is 0 Å². The van der Waals surface area contributed by atoms with Crippen molar-refractivity contribution in [3.05, 3.63) is 65.4 Å². The predicted octanol–water partition coefficient (Wildman–Crippen LogP) is 4.50. The van der Waals surface area contributed by atoms with E-state index in [1.54, 1.807) is 28.9 Å². The Bertz CT molecular complexity index is 1230. The Hall–Kier alpha value is -3.24. The highest BCUT2D eigenvalue weighted by Crippen LogP contribution is 2.30. The maximum Gasteiger partial charge on any atom is 0.277 e. The molecule has 3 aromatic heterocycles. The molecule has 4 heterocycles. The highest BCUT2D eigenvalue weighted by molar-refractivity contribution is 7.13. The number of hydrogen-bond acceptors (Lipinski definition) is 5. The summed E-state index contributed by atoms with van der Waals surface area (Å²) < 4.78 is 22.3. The van der Waals surface area contributed by atoms with E-state index in [1.165, 1.54) is 28.1 Å². The van der Waals surface area contributed by atoms with Gasteiger partial charge < -0.3 is 14.6 Å². The van der Waals surface area contributed by atoms with Gasteiger partial charge in [-0.1, -0.05) is 6.07 Å². The van der Waals surface area contributed by atoms with Crippen molar-refractivity contribution in [3.8, 4) is 21.8 Å². The standard InChI is InChI=1S/C22H19BFN5O2S/c23-29-18(19-4-3-11-32-19)13-20(27-29)25-22(30)16-12-17(14-6-8-15(24)9-7-14)28(26-16)21-5-1-2-10-31-21/h3-4,6-9,11-13,21H,1-2,5,10H2,(H,25,27,30). The van der Waals surface area contributed by atoms with Gasteiger partial charge in [0.1, 0.15) is 5.82 Å². The molecule has 160 valence electrons. The van der Waals surface area contributed by atoms with Gasteiger partial charge in [0, 0.05) is 18.2 Å². The van der Waals surface area contributed by atoms with Crippen LogP contribution in [0.3, 0.4) is 0 Å². The number of halogens is 1. The predicted molar refractivity (Wildman–Crippen MR) is 121 cm³/mol. The fourth-order valence-corrected chi connectivity index (χ4v) is 4.46. The number of nitrogens with one attached hydrogen (secondary N) is 1. The van der Waals surface area contributed by atoms with Crippen molar-refractivity contribution in [3.63, 3.8) is 0 Å². The fourth-order valence-electron chi connectivity index (χ4n) is 3.72. The van der Waals surface area contributed by atoms with Gasteiger partial charge in [0.25, 0.3) is 13.9 Å². The van der Waals surface area contributed by atoms with E-state index in [9.17, 15) is 9.18 Å².